The number of rotatable bonds is 2. The fraction of sp³-hybridized carbons (Fsp3) is 0.833. The molecule has 0 bridgehead atoms. The molecule has 7 nitrogen and oxygen atoms in total. The van der Waals surface area contributed by atoms with Gasteiger partial charge in [-0.2, -0.15) is 0 Å². The number of carbonyl (C=O) groups is 2. The standard InChI is InChI=1S/C12H21NO6/c1-12(2,3)19-11(16)13-5-8(17-4)7-18-9(6-13)10(14)15/h8-9H,5-7H2,1-4H3,(H,14,15)/t8-,9+/m1/s1/i4D3. The molecule has 0 spiro atoms. The minimum absolute atomic E-state index is 0.128. The highest BCUT2D eigenvalue weighted by Gasteiger charge is 2.33. The minimum Gasteiger partial charge on any atom is -0.479 e. The molecule has 0 saturated carbocycles. The molecule has 19 heavy (non-hydrogen) atoms. The lowest BCUT2D eigenvalue weighted by molar-refractivity contribution is -0.151. The first-order valence-electron chi connectivity index (χ1n) is 7.37. The monoisotopic (exact) mass is 278 g/mol. The first-order chi connectivity index (χ1) is 9.87. The van der Waals surface area contributed by atoms with Crippen LogP contribution in [0, 0.1) is 0 Å². The summed E-state index contributed by atoms with van der Waals surface area (Å²) < 4.78 is 36.4. The van der Waals surface area contributed by atoms with Crippen LogP contribution in [-0.2, 0) is 19.0 Å². The molecule has 110 valence electrons. The van der Waals surface area contributed by atoms with Crippen LogP contribution < -0.4 is 0 Å². The fourth-order valence-electron chi connectivity index (χ4n) is 1.55. The molecule has 2 atom stereocenters. The van der Waals surface area contributed by atoms with E-state index >= 15 is 0 Å². The van der Waals surface area contributed by atoms with E-state index in [0.717, 1.165) is 4.90 Å². The van der Waals surface area contributed by atoms with Gasteiger partial charge >= 0.3 is 12.1 Å². The first kappa shape index (κ1) is 11.5. The molecule has 0 radical (unpaired) electrons. The lowest BCUT2D eigenvalue weighted by Crippen LogP contribution is -2.44. The van der Waals surface area contributed by atoms with E-state index in [1.165, 1.54) is 0 Å². The largest absolute Gasteiger partial charge is 0.479 e. The van der Waals surface area contributed by atoms with Gasteiger partial charge in [0.15, 0.2) is 6.10 Å². The average molecular weight is 278 g/mol. The van der Waals surface area contributed by atoms with Gasteiger partial charge < -0.3 is 24.2 Å². The maximum atomic E-state index is 12.1. The molecule has 1 rings (SSSR count). The second-order valence-corrected chi connectivity index (χ2v) is 5.29. The Morgan fingerprint density at radius 1 is 1.42 bits per heavy atom. The second-order valence-electron chi connectivity index (χ2n) is 5.29. The van der Waals surface area contributed by atoms with Crippen LogP contribution in [0.15, 0.2) is 0 Å². The van der Waals surface area contributed by atoms with E-state index in [1.54, 1.807) is 20.8 Å². The van der Waals surface area contributed by atoms with Crippen LogP contribution in [-0.4, -0.2) is 66.6 Å². The number of carbonyl (C=O) groups excluding carboxylic acids is 1. The van der Waals surface area contributed by atoms with E-state index in [0.29, 0.717) is 0 Å². The van der Waals surface area contributed by atoms with Gasteiger partial charge in [0, 0.05) is 7.04 Å². The van der Waals surface area contributed by atoms with E-state index < -0.39 is 36.9 Å². The molecule has 1 saturated heterocycles. The molecule has 1 N–H and O–H groups in total. The Kier molecular flexibility index (Phi) is 3.75. The van der Waals surface area contributed by atoms with Crippen molar-refractivity contribution in [3.05, 3.63) is 0 Å². The number of amides is 1. The zero-order valence-electron chi connectivity index (χ0n) is 14.2. The molecule has 1 heterocycles. The predicted molar refractivity (Wildman–Crippen MR) is 66.0 cm³/mol. The Hall–Kier alpha value is -1.34. The van der Waals surface area contributed by atoms with Crippen molar-refractivity contribution < 1.29 is 33.0 Å². The molecule has 1 fully saturated rings. The predicted octanol–water partition coefficient (Wildman–Crippen LogP) is 0.722. The molecular formula is C12H21NO6. The summed E-state index contributed by atoms with van der Waals surface area (Å²) in [5.41, 5.74) is -0.761. The van der Waals surface area contributed by atoms with E-state index in [9.17, 15) is 9.59 Å². The number of carboxylic acids is 1. The topological polar surface area (TPSA) is 85.3 Å². The van der Waals surface area contributed by atoms with Crippen LogP contribution in [0.25, 0.3) is 0 Å². The van der Waals surface area contributed by atoms with Gasteiger partial charge in [0.2, 0.25) is 0 Å². The number of hydrogen-bond acceptors (Lipinski definition) is 5. The summed E-state index contributed by atoms with van der Waals surface area (Å²) in [6.07, 6.45) is -2.98. The third-order valence-electron chi connectivity index (χ3n) is 2.39. The molecule has 0 aromatic carbocycles. The van der Waals surface area contributed by atoms with Crippen molar-refractivity contribution in [3.63, 3.8) is 0 Å². The number of hydrogen-bond donors (Lipinski definition) is 1. The molecule has 0 aromatic heterocycles. The van der Waals surface area contributed by atoms with Crippen LogP contribution >= 0.6 is 0 Å². The highest BCUT2D eigenvalue weighted by Crippen LogP contribution is 2.14. The van der Waals surface area contributed by atoms with E-state index in [-0.39, 0.29) is 19.7 Å². The van der Waals surface area contributed by atoms with Crippen molar-refractivity contribution in [1.29, 1.82) is 0 Å². The van der Waals surface area contributed by atoms with Crippen molar-refractivity contribution >= 4 is 12.1 Å². The van der Waals surface area contributed by atoms with E-state index in [1.807, 2.05) is 0 Å². The Morgan fingerprint density at radius 2 is 2.11 bits per heavy atom. The molecule has 1 aliphatic rings. The third kappa shape index (κ3) is 5.04. The molecular weight excluding hydrogens is 254 g/mol. The van der Waals surface area contributed by atoms with Crippen LogP contribution in [0.3, 0.4) is 0 Å². The summed E-state index contributed by atoms with van der Waals surface area (Å²) in [4.78, 5) is 24.3. The van der Waals surface area contributed by atoms with Crippen LogP contribution in [0.5, 0.6) is 0 Å². The summed E-state index contributed by atoms with van der Waals surface area (Å²) in [5, 5.41) is 9.06. The van der Waals surface area contributed by atoms with Gasteiger partial charge in [-0.15, -0.1) is 0 Å². The van der Waals surface area contributed by atoms with Gasteiger partial charge in [-0.05, 0) is 20.8 Å². The Bertz CT molecular complexity index is 420. The second kappa shape index (κ2) is 6.21. The Morgan fingerprint density at radius 3 is 2.63 bits per heavy atom. The highest BCUT2D eigenvalue weighted by atomic mass is 16.6. The van der Waals surface area contributed by atoms with Crippen molar-refractivity contribution in [2.75, 3.05) is 26.7 Å². The van der Waals surface area contributed by atoms with Crippen LogP contribution in [0.4, 0.5) is 4.79 Å². The number of carboxylic acid groups (broad SMARTS) is 1. The zero-order chi connectivity index (χ0) is 17.1. The lowest BCUT2D eigenvalue weighted by atomic mass is 10.2. The summed E-state index contributed by atoms with van der Waals surface area (Å²) in [6.45, 7) is 4.40. The molecule has 0 aromatic rings. The molecule has 7 heteroatoms. The molecule has 0 unspecified atom stereocenters. The summed E-state index contributed by atoms with van der Waals surface area (Å²) >= 11 is 0. The minimum atomic E-state index is -2.67. The Balaban J connectivity index is 2.85. The Labute approximate surface area is 116 Å². The normalized spacial score (nSPS) is 27.7. The van der Waals surface area contributed by atoms with Gasteiger partial charge in [-0.1, -0.05) is 0 Å². The van der Waals surface area contributed by atoms with Crippen LogP contribution in [0.2, 0.25) is 0 Å². The zero-order valence-corrected chi connectivity index (χ0v) is 11.2. The fourth-order valence-corrected chi connectivity index (χ4v) is 1.55. The quantitative estimate of drug-likeness (QED) is 0.801. The van der Waals surface area contributed by atoms with Crippen LogP contribution in [0.1, 0.15) is 24.9 Å². The van der Waals surface area contributed by atoms with E-state index in [4.69, 9.17) is 23.4 Å². The lowest BCUT2D eigenvalue weighted by Gasteiger charge is -2.28. The van der Waals surface area contributed by atoms with Gasteiger partial charge in [-0.25, -0.2) is 9.59 Å². The summed E-state index contributed by atoms with van der Waals surface area (Å²) in [7, 11) is -2.67. The smallest absolute Gasteiger partial charge is 0.410 e. The van der Waals surface area contributed by atoms with Crippen molar-refractivity contribution in [2.24, 2.45) is 0 Å². The number of ether oxygens (including phenoxy) is 3. The summed E-state index contributed by atoms with van der Waals surface area (Å²) in [5.74, 6) is -1.25. The first-order valence-corrected chi connectivity index (χ1v) is 5.87. The van der Waals surface area contributed by atoms with Gasteiger partial charge in [0.05, 0.1) is 29.9 Å². The SMILES string of the molecule is [2H]C([2H])([2H])O[C@H]1CO[C@H](C(=O)O)CN(C(=O)OC(C)(C)C)C1. The van der Waals surface area contributed by atoms with Gasteiger partial charge in [0.25, 0.3) is 0 Å². The van der Waals surface area contributed by atoms with Gasteiger partial charge in [-0.3, -0.25) is 0 Å². The van der Waals surface area contributed by atoms with Gasteiger partial charge in [0.1, 0.15) is 5.60 Å². The molecule has 1 aliphatic heterocycles. The van der Waals surface area contributed by atoms with Crippen molar-refractivity contribution in [2.45, 2.75) is 38.6 Å². The van der Waals surface area contributed by atoms with Crippen molar-refractivity contribution in [1.82, 2.24) is 4.90 Å². The third-order valence-corrected chi connectivity index (χ3v) is 2.39. The average Bonchev–Trinajstić information content (AvgIpc) is 2.47. The maximum absolute atomic E-state index is 12.1. The number of methoxy groups -OCH3 is 1. The molecule has 0 aliphatic carbocycles. The highest BCUT2D eigenvalue weighted by molar-refractivity contribution is 5.74. The van der Waals surface area contributed by atoms with E-state index in [2.05, 4.69) is 0 Å². The number of nitrogens with zero attached hydrogens (tertiary/aromatic N) is 1. The number of aliphatic carboxylic acids is 1. The van der Waals surface area contributed by atoms with Crippen molar-refractivity contribution in [3.8, 4) is 0 Å². The molecule has 1 amide bonds. The summed E-state index contributed by atoms with van der Waals surface area (Å²) in [6, 6.07) is 0. The maximum Gasteiger partial charge on any atom is 0.410 e.